The van der Waals surface area contributed by atoms with Gasteiger partial charge in [0.05, 0.1) is 0 Å². The summed E-state index contributed by atoms with van der Waals surface area (Å²) in [6.45, 7) is 10.8. The van der Waals surface area contributed by atoms with Crippen molar-refractivity contribution >= 4 is 20.1 Å². The molecule has 4 nitrogen and oxygen atoms in total. The van der Waals surface area contributed by atoms with Crippen molar-refractivity contribution in [2.75, 3.05) is 5.32 Å². The summed E-state index contributed by atoms with van der Waals surface area (Å²) >= 11 is 0. The lowest BCUT2D eigenvalue weighted by Gasteiger charge is -2.36. The molecule has 100 valence electrons. The van der Waals surface area contributed by atoms with E-state index in [2.05, 4.69) is 39.2 Å². The van der Waals surface area contributed by atoms with E-state index in [1.165, 1.54) is 0 Å². The van der Waals surface area contributed by atoms with E-state index in [1.54, 1.807) is 18.2 Å². The number of carbonyl (C=O) groups is 1. The fourth-order valence-corrected chi connectivity index (χ4v) is 2.23. The normalized spacial score (nSPS) is 12.1. The Morgan fingerprint density at radius 3 is 2.44 bits per heavy atom. The first-order chi connectivity index (χ1) is 8.12. The number of rotatable bonds is 3. The van der Waals surface area contributed by atoms with Gasteiger partial charge >= 0.3 is 6.09 Å². The molecule has 0 saturated heterocycles. The molecule has 0 aliphatic rings. The average Bonchev–Trinajstić information content (AvgIpc) is 2.14. The highest BCUT2D eigenvalue weighted by molar-refractivity contribution is 6.74. The Kier molecular flexibility index (Phi) is 4.06. The van der Waals surface area contributed by atoms with Crippen LogP contribution >= 0.6 is 0 Å². The lowest BCUT2D eigenvalue weighted by Crippen LogP contribution is -2.43. The molecular formula is C13H21NO3Si. The number of nitrogens with one attached hydrogen (secondary N) is 1. The Balaban J connectivity index is 2.89. The maximum atomic E-state index is 10.6. The van der Waals surface area contributed by atoms with E-state index in [-0.39, 0.29) is 5.04 Å². The first kappa shape index (κ1) is 14.6. The molecule has 0 radical (unpaired) electrons. The molecule has 0 bridgehead atoms. The first-order valence-electron chi connectivity index (χ1n) is 5.91. The molecule has 0 saturated carbocycles. The molecular weight excluding hydrogens is 246 g/mol. The van der Waals surface area contributed by atoms with Crippen LogP contribution in [-0.4, -0.2) is 19.5 Å². The van der Waals surface area contributed by atoms with Crippen molar-refractivity contribution in [3.05, 3.63) is 24.3 Å². The molecule has 0 aliphatic carbocycles. The third kappa shape index (κ3) is 3.77. The maximum Gasteiger partial charge on any atom is 0.409 e. The quantitative estimate of drug-likeness (QED) is 0.808. The molecule has 18 heavy (non-hydrogen) atoms. The predicted octanol–water partition coefficient (Wildman–Crippen LogP) is 4.16. The number of carboxylic acid groups (broad SMARTS) is 1. The van der Waals surface area contributed by atoms with Crippen molar-refractivity contribution < 1.29 is 14.3 Å². The fourth-order valence-electron chi connectivity index (χ4n) is 1.21. The highest BCUT2D eigenvalue weighted by atomic mass is 28.4. The monoisotopic (exact) mass is 267 g/mol. The minimum atomic E-state index is -1.88. The van der Waals surface area contributed by atoms with Gasteiger partial charge in [-0.3, -0.25) is 5.32 Å². The van der Waals surface area contributed by atoms with E-state index in [1.807, 2.05) is 6.07 Å². The summed E-state index contributed by atoms with van der Waals surface area (Å²) < 4.78 is 6.09. The summed E-state index contributed by atoms with van der Waals surface area (Å²) in [4.78, 5) is 10.6. The van der Waals surface area contributed by atoms with E-state index in [9.17, 15) is 4.79 Å². The predicted molar refractivity (Wildman–Crippen MR) is 75.9 cm³/mol. The fraction of sp³-hybridized carbons (Fsp3) is 0.462. The molecule has 1 aromatic rings. The smallest absolute Gasteiger partial charge is 0.409 e. The van der Waals surface area contributed by atoms with Gasteiger partial charge in [0.25, 0.3) is 0 Å². The zero-order valence-electron chi connectivity index (χ0n) is 11.6. The Bertz CT molecular complexity index is 438. The molecule has 1 amide bonds. The van der Waals surface area contributed by atoms with Crippen LogP contribution in [0.15, 0.2) is 24.3 Å². The van der Waals surface area contributed by atoms with Gasteiger partial charge in [-0.05, 0) is 30.3 Å². The van der Waals surface area contributed by atoms with Gasteiger partial charge in [-0.25, -0.2) is 4.79 Å². The summed E-state index contributed by atoms with van der Waals surface area (Å²) in [5.74, 6) is 0.716. The van der Waals surface area contributed by atoms with E-state index < -0.39 is 14.4 Å². The lowest BCUT2D eigenvalue weighted by molar-refractivity contribution is 0.210. The van der Waals surface area contributed by atoms with Crippen LogP contribution in [0, 0.1) is 0 Å². The lowest BCUT2D eigenvalue weighted by atomic mass is 10.2. The number of amides is 1. The van der Waals surface area contributed by atoms with Crippen LogP contribution < -0.4 is 9.74 Å². The summed E-state index contributed by atoms with van der Waals surface area (Å²) in [5.41, 5.74) is 0.527. The Hall–Kier alpha value is -1.49. The van der Waals surface area contributed by atoms with Crippen LogP contribution in [0.2, 0.25) is 18.1 Å². The van der Waals surface area contributed by atoms with Crippen LogP contribution in [0.3, 0.4) is 0 Å². The van der Waals surface area contributed by atoms with Gasteiger partial charge in [0.15, 0.2) is 0 Å². The molecule has 0 heterocycles. The molecule has 1 aromatic carbocycles. The minimum Gasteiger partial charge on any atom is -0.543 e. The summed E-state index contributed by atoms with van der Waals surface area (Å²) in [7, 11) is -1.88. The second-order valence-electron chi connectivity index (χ2n) is 5.82. The highest BCUT2D eigenvalue weighted by Gasteiger charge is 2.38. The van der Waals surface area contributed by atoms with E-state index in [0.29, 0.717) is 11.4 Å². The SMILES string of the molecule is CC(C)(C)[Si](C)(C)Oc1cccc(NC(=O)O)c1. The van der Waals surface area contributed by atoms with Crippen LogP contribution in [-0.2, 0) is 0 Å². The van der Waals surface area contributed by atoms with E-state index >= 15 is 0 Å². The highest BCUT2D eigenvalue weighted by Crippen LogP contribution is 2.37. The van der Waals surface area contributed by atoms with Crippen molar-refractivity contribution in [1.29, 1.82) is 0 Å². The molecule has 2 N–H and O–H groups in total. The van der Waals surface area contributed by atoms with Gasteiger partial charge in [-0.2, -0.15) is 0 Å². The van der Waals surface area contributed by atoms with Crippen molar-refractivity contribution in [2.45, 2.75) is 38.9 Å². The number of hydrogen-bond donors (Lipinski definition) is 2. The van der Waals surface area contributed by atoms with Crippen molar-refractivity contribution in [2.24, 2.45) is 0 Å². The number of anilines is 1. The standard InChI is InChI=1S/C13H21NO3Si/c1-13(2,3)18(4,5)17-11-8-6-7-10(9-11)14-12(15)16/h6-9,14H,1-5H3,(H,15,16). The number of hydrogen-bond acceptors (Lipinski definition) is 2. The maximum absolute atomic E-state index is 10.6. The van der Waals surface area contributed by atoms with Crippen LogP contribution in [0.25, 0.3) is 0 Å². The van der Waals surface area contributed by atoms with Gasteiger partial charge in [-0.1, -0.05) is 26.8 Å². The van der Waals surface area contributed by atoms with Crippen molar-refractivity contribution in [3.63, 3.8) is 0 Å². The van der Waals surface area contributed by atoms with Crippen LogP contribution in [0.1, 0.15) is 20.8 Å². The zero-order chi connectivity index (χ0) is 14.0. The van der Waals surface area contributed by atoms with Gasteiger partial charge in [-0.15, -0.1) is 0 Å². The van der Waals surface area contributed by atoms with Gasteiger partial charge in [0, 0.05) is 11.8 Å². The van der Waals surface area contributed by atoms with Gasteiger partial charge < -0.3 is 9.53 Å². The van der Waals surface area contributed by atoms with Crippen LogP contribution in [0.4, 0.5) is 10.5 Å². The zero-order valence-corrected chi connectivity index (χ0v) is 12.6. The second kappa shape index (κ2) is 5.02. The summed E-state index contributed by atoms with van der Waals surface area (Å²) in [5, 5.41) is 11.1. The average molecular weight is 267 g/mol. The summed E-state index contributed by atoms with van der Waals surface area (Å²) in [6, 6.07) is 7.06. The third-order valence-corrected chi connectivity index (χ3v) is 7.62. The van der Waals surface area contributed by atoms with Gasteiger partial charge in [0.1, 0.15) is 5.75 Å². The molecule has 5 heteroatoms. The van der Waals surface area contributed by atoms with Crippen molar-refractivity contribution in [3.8, 4) is 5.75 Å². The minimum absolute atomic E-state index is 0.114. The number of benzene rings is 1. The Morgan fingerprint density at radius 2 is 1.94 bits per heavy atom. The Labute approximate surface area is 109 Å². The van der Waals surface area contributed by atoms with E-state index in [4.69, 9.17) is 9.53 Å². The van der Waals surface area contributed by atoms with Crippen LogP contribution in [0.5, 0.6) is 5.75 Å². The molecule has 0 atom stereocenters. The first-order valence-corrected chi connectivity index (χ1v) is 8.82. The topological polar surface area (TPSA) is 58.6 Å². The van der Waals surface area contributed by atoms with Gasteiger partial charge in [0.2, 0.25) is 8.32 Å². The molecule has 0 fully saturated rings. The summed E-state index contributed by atoms with van der Waals surface area (Å²) in [6.07, 6.45) is -1.07. The van der Waals surface area contributed by atoms with Crippen molar-refractivity contribution in [1.82, 2.24) is 0 Å². The molecule has 1 rings (SSSR count). The second-order valence-corrected chi connectivity index (χ2v) is 10.5. The van der Waals surface area contributed by atoms with E-state index in [0.717, 1.165) is 0 Å². The molecule has 0 aromatic heterocycles. The largest absolute Gasteiger partial charge is 0.543 e. The Morgan fingerprint density at radius 1 is 1.33 bits per heavy atom. The molecule has 0 aliphatic heterocycles. The third-order valence-electron chi connectivity index (χ3n) is 3.26. The molecule has 0 unspecified atom stereocenters. The molecule has 0 spiro atoms.